The van der Waals surface area contributed by atoms with Crippen LogP contribution in [0, 0.1) is 0 Å². The highest BCUT2D eigenvalue weighted by Crippen LogP contribution is 2.05. The molecule has 0 spiro atoms. The average molecular weight is 221 g/mol. The van der Waals surface area contributed by atoms with Crippen molar-refractivity contribution in [1.29, 1.82) is 0 Å². The lowest BCUT2D eigenvalue weighted by atomic mass is 10.1. The van der Waals surface area contributed by atoms with Gasteiger partial charge in [-0.3, -0.25) is 0 Å². The van der Waals surface area contributed by atoms with Gasteiger partial charge in [-0.25, -0.2) is 0 Å². The van der Waals surface area contributed by atoms with Crippen LogP contribution in [-0.4, -0.2) is 0 Å². The Bertz CT molecular complexity index is 181. The summed E-state index contributed by atoms with van der Waals surface area (Å²) < 4.78 is 0. The Hall–Kier alpha value is -0.980. The molecule has 0 fully saturated rings. The summed E-state index contributed by atoms with van der Waals surface area (Å²) in [6.07, 6.45) is 21.5. The van der Waals surface area contributed by atoms with Crippen molar-refractivity contribution in [3.05, 3.63) is 36.7 Å². The summed E-state index contributed by atoms with van der Waals surface area (Å²) in [5.41, 5.74) is 0. The number of unbranched alkanes of at least 4 members (excludes halogenated alkanes) is 6. The van der Waals surface area contributed by atoms with Crippen molar-refractivity contribution in [2.75, 3.05) is 0 Å². The van der Waals surface area contributed by atoms with Gasteiger partial charge in [-0.2, -0.15) is 0 Å². The predicted octanol–water partition coefficient (Wildman–Crippen LogP) is 4.93. The van der Waals surface area contributed by atoms with Crippen LogP contribution in [0.2, 0.25) is 0 Å². The van der Waals surface area contributed by atoms with Crippen LogP contribution in [0.1, 0.15) is 58.8 Å². The highest BCUT2D eigenvalue weighted by Gasteiger charge is 1.85. The summed E-state index contributed by atoms with van der Waals surface area (Å²) in [5.74, 6) is 0. The molecule has 0 saturated heterocycles. The first kappa shape index (κ1) is 15.0. The molecule has 0 radical (unpaired) electrons. The molecule has 0 aromatic rings. The van der Waals surface area contributed by atoms with Crippen LogP contribution in [0.25, 0.3) is 0 Å². The molecule has 0 aromatic heterocycles. The van der Waals surface area contributed by atoms with Gasteiger partial charge in [0.1, 0.15) is 0 Å². The minimum Gasteiger partial charge on any atom is -0.368 e. The van der Waals surface area contributed by atoms with Crippen LogP contribution >= 0.6 is 0 Å². The highest BCUT2D eigenvalue weighted by molar-refractivity contribution is 5.14. The van der Waals surface area contributed by atoms with E-state index in [1.54, 1.807) is 0 Å². The first-order valence-corrected chi connectivity index (χ1v) is 6.66. The molecule has 92 valence electrons. The van der Waals surface area contributed by atoms with Crippen LogP contribution in [0.15, 0.2) is 36.7 Å². The van der Waals surface area contributed by atoms with Crippen molar-refractivity contribution in [2.24, 2.45) is 0 Å². The zero-order chi connectivity index (χ0) is 11.9. The van der Waals surface area contributed by atoms with Gasteiger partial charge in [-0.1, -0.05) is 70.9 Å². The second-order valence-electron chi connectivity index (χ2n) is 4.04. The fourth-order valence-electron chi connectivity index (χ4n) is 1.44. The van der Waals surface area contributed by atoms with Crippen LogP contribution in [0.4, 0.5) is 0 Å². The quantitative estimate of drug-likeness (QED) is 0.627. The van der Waals surface area contributed by atoms with Gasteiger partial charge in [0.15, 0.2) is 0 Å². The predicted molar refractivity (Wildman–Crippen MR) is 74.2 cm³/mol. The SMILES string of the molecule is C1=CC=CNC=C1.CCCCCCCCC. The van der Waals surface area contributed by atoms with Gasteiger partial charge < -0.3 is 5.32 Å². The van der Waals surface area contributed by atoms with Gasteiger partial charge in [-0.15, -0.1) is 0 Å². The van der Waals surface area contributed by atoms with Gasteiger partial charge in [0.2, 0.25) is 0 Å². The summed E-state index contributed by atoms with van der Waals surface area (Å²) in [7, 11) is 0. The van der Waals surface area contributed by atoms with Crippen molar-refractivity contribution in [2.45, 2.75) is 58.8 Å². The Morgan fingerprint density at radius 3 is 1.50 bits per heavy atom. The fraction of sp³-hybridized carbons (Fsp3) is 0.600. The molecule has 0 unspecified atom stereocenters. The van der Waals surface area contributed by atoms with Crippen LogP contribution in [-0.2, 0) is 0 Å². The maximum absolute atomic E-state index is 2.92. The van der Waals surface area contributed by atoms with E-state index in [0.717, 1.165) is 0 Å². The fourth-order valence-corrected chi connectivity index (χ4v) is 1.44. The van der Waals surface area contributed by atoms with Gasteiger partial charge in [0, 0.05) is 12.4 Å². The highest BCUT2D eigenvalue weighted by atomic mass is 14.8. The molecule has 0 aliphatic carbocycles. The van der Waals surface area contributed by atoms with Crippen LogP contribution < -0.4 is 5.32 Å². The molecule has 0 bridgehead atoms. The lowest BCUT2D eigenvalue weighted by Gasteiger charge is -1.96. The topological polar surface area (TPSA) is 12.0 Å². The number of nitrogens with one attached hydrogen (secondary N) is 1. The third-order valence-electron chi connectivity index (χ3n) is 2.43. The summed E-state index contributed by atoms with van der Waals surface area (Å²) in [6.45, 7) is 4.53. The molecule has 0 saturated carbocycles. The van der Waals surface area contributed by atoms with Gasteiger partial charge in [0.05, 0.1) is 0 Å². The summed E-state index contributed by atoms with van der Waals surface area (Å²) in [6, 6.07) is 0. The molecule has 16 heavy (non-hydrogen) atoms. The van der Waals surface area contributed by atoms with Crippen molar-refractivity contribution in [1.82, 2.24) is 5.32 Å². The van der Waals surface area contributed by atoms with E-state index < -0.39 is 0 Å². The van der Waals surface area contributed by atoms with E-state index in [9.17, 15) is 0 Å². The van der Waals surface area contributed by atoms with Crippen LogP contribution in [0.5, 0.6) is 0 Å². The molecule has 1 nitrogen and oxygen atoms in total. The molecular formula is C15H27N. The minimum absolute atomic E-state index is 1.37. The minimum atomic E-state index is 1.37. The molecule has 1 N–H and O–H groups in total. The summed E-state index contributed by atoms with van der Waals surface area (Å²) >= 11 is 0. The third kappa shape index (κ3) is 13.0. The monoisotopic (exact) mass is 221 g/mol. The number of allylic oxidation sites excluding steroid dienone is 4. The van der Waals surface area contributed by atoms with E-state index in [-0.39, 0.29) is 0 Å². The molecule has 0 aromatic carbocycles. The van der Waals surface area contributed by atoms with Crippen molar-refractivity contribution >= 4 is 0 Å². The van der Waals surface area contributed by atoms with E-state index in [2.05, 4.69) is 19.2 Å². The smallest absolute Gasteiger partial charge is 0.000442 e. The second kappa shape index (κ2) is 14.0. The summed E-state index contributed by atoms with van der Waals surface area (Å²) in [5, 5.41) is 2.92. The molecular weight excluding hydrogens is 194 g/mol. The van der Waals surface area contributed by atoms with E-state index in [1.807, 2.05) is 36.7 Å². The first-order chi connectivity index (χ1) is 7.91. The largest absolute Gasteiger partial charge is 0.368 e. The van der Waals surface area contributed by atoms with E-state index in [4.69, 9.17) is 0 Å². The number of hydrogen-bond donors (Lipinski definition) is 1. The van der Waals surface area contributed by atoms with Gasteiger partial charge in [0.25, 0.3) is 0 Å². The zero-order valence-corrected chi connectivity index (χ0v) is 10.9. The lowest BCUT2D eigenvalue weighted by Crippen LogP contribution is -1.87. The molecule has 1 aliphatic heterocycles. The van der Waals surface area contributed by atoms with Gasteiger partial charge >= 0.3 is 0 Å². The molecule has 1 heteroatoms. The first-order valence-electron chi connectivity index (χ1n) is 6.66. The van der Waals surface area contributed by atoms with E-state index in [0.29, 0.717) is 0 Å². The average Bonchev–Trinajstić information content (AvgIpc) is 2.62. The van der Waals surface area contributed by atoms with Crippen LogP contribution in [0.3, 0.4) is 0 Å². The Morgan fingerprint density at radius 1 is 0.625 bits per heavy atom. The van der Waals surface area contributed by atoms with Crippen molar-refractivity contribution < 1.29 is 0 Å². The maximum atomic E-state index is 2.92. The van der Waals surface area contributed by atoms with E-state index >= 15 is 0 Å². The van der Waals surface area contributed by atoms with Crippen molar-refractivity contribution in [3.63, 3.8) is 0 Å². The van der Waals surface area contributed by atoms with E-state index in [1.165, 1.54) is 44.9 Å². The molecule has 1 aliphatic rings. The summed E-state index contributed by atoms with van der Waals surface area (Å²) in [4.78, 5) is 0. The molecule has 1 rings (SSSR count). The number of hydrogen-bond acceptors (Lipinski definition) is 1. The lowest BCUT2D eigenvalue weighted by molar-refractivity contribution is 0.602. The maximum Gasteiger partial charge on any atom is 0.000442 e. The van der Waals surface area contributed by atoms with Gasteiger partial charge in [-0.05, 0) is 12.2 Å². The Morgan fingerprint density at radius 2 is 1.06 bits per heavy atom. The number of rotatable bonds is 6. The second-order valence-corrected chi connectivity index (χ2v) is 4.04. The normalized spacial score (nSPS) is 12.6. The third-order valence-corrected chi connectivity index (χ3v) is 2.43. The zero-order valence-electron chi connectivity index (χ0n) is 10.9. The standard InChI is InChI=1S/C9H20.C6H7N/c1-3-5-7-9-8-6-4-2;1-2-4-6-7-5-3-1/h3-9H2,1-2H3;1-7H. The van der Waals surface area contributed by atoms with Crippen molar-refractivity contribution in [3.8, 4) is 0 Å². The molecule has 0 amide bonds. The Labute approximate surface area is 101 Å². The molecule has 0 atom stereocenters. The Kier molecular flexibility index (Phi) is 13.2. The molecule has 1 heterocycles. The Balaban J connectivity index is 0.000000288.